The van der Waals surface area contributed by atoms with Gasteiger partial charge in [-0.15, -0.1) is 0 Å². The molecule has 0 unspecified atom stereocenters. The molecule has 4 rings (SSSR count). The van der Waals surface area contributed by atoms with E-state index in [0.29, 0.717) is 28.7 Å². The summed E-state index contributed by atoms with van der Waals surface area (Å²) in [7, 11) is 1.51. The predicted octanol–water partition coefficient (Wildman–Crippen LogP) is 5.02. The molecule has 136 valence electrons. The highest BCUT2D eigenvalue weighted by Gasteiger charge is 2.18. The van der Waals surface area contributed by atoms with E-state index in [1.807, 2.05) is 19.9 Å². The summed E-state index contributed by atoms with van der Waals surface area (Å²) >= 11 is 0. The van der Waals surface area contributed by atoms with Crippen molar-refractivity contribution in [1.29, 1.82) is 0 Å². The van der Waals surface area contributed by atoms with Gasteiger partial charge in [0.15, 0.2) is 11.6 Å². The van der Waals surface area contributed by atoms with Crippen molar-refractivity contribution in [1.82, 2.24) is 9.97 Å². The molecule has 0 spiro atoms. The zero-order valence-electron chi connectivity index (χ0n) is 15.1. The number of nitrogens with one attached hydrogen (secondary N) is 1. The van der Waals surface area contributed by atoms with Gasteiger partial charge in [0.1, 0.15) is 11.5 Å². The fourth-order valence-corrected chi connectivity index (χ4v) is 3.20. The molecule has 2 aromatic heterocycles. The van der Waals surface area contributed by atoms with Crippen molar-refractivity contribution in [2.75, 3.05) is 7.11 Å². The summed E-state index contributed by atoms with van der Waals surface area (Å²) in [5.41, 5.74) is 4.55. The fourth-order valence-electron chi connectivity index (χ4n) is 3.20. The standard InChI is InChI=1S/C20H17N3O4/c1-11-8-12(2)19-15(9-11)21-20(22-19)18-7-6-17(27-18)14-10-13(23(24)25)4-5-16(14)26-3/h4-10H,1-3H3,(H,21,22). The molecule has 1 N–H and O–H groups in total. The van der Waals surface area contributed by atoms with Gasteiger partial charge in [-0.05, 0) is 49.2 Å². The average molecular weight is 363 g/mol. The van der Waals surface area contributed by atoms with Gasteiger partial charge in [-0.1, -0.05) is 6.07 Å². The van der Waals surface area contributed by atoms with E-state index in [-0.39, 0.29) is 5.69 Å². The van der Waals surface area contributed by atoms with Crippen LogP contribution in [0.3, 0.4) is 0 Å². The first kappa shape index (κ1) is 16.8. The summed E-state index contributed by atoms with van der Waals surface area (Å²) in [5.74, 6) is 2.12. The Kier molecular flexibility index (Phi) is 3.92. The molecule has 27 heavy (non-hydrogen) atoms. The molecule has 4 aromatic rings. The van der Waals surface area contributed by atoms with Crippen LogP contribution in [0.25, 0.3) is 33.9 Å². The van der Waals surface area contributed by atoms with Crippen molar-refractivity contribution in [2.45, 2.75) is 13.8 Å². The second-order valence-electron chi connectivity index (χ2n) is 6.37. The van der Waals surface area contributed by atoms with Gasteiger partial charge in [0.2, 0.25) is 0 Å². The van der Waals surface area contributed by atoms with Gasteiger partial charge >= 0.3 is 0 Å². The van der Waals surface area contributed by atoms with Crippen molar-refractivity contribution in [3.8, 4) is 28.7 Å². The average Bonchev–Trinajstić information content (AvgIpc) is 3.27. The van der Waals surface area contributed by atoms with E-state index in [2.05, 4.69) is 16.0 Å². The smallest absolute Gasteiger partial charge is 0.270 e. The Balaban J connectivity index is 1.79. The van der Waals surface area contributed by atoms with Gasteiger partial charge in [0, 0.05) is 12.1 Å². The zero-order chi connectivity index (χ0) is 19.1. The normalized spacial score (nSPS) is 11.1. The van der Waals surface area contributed by atoms with E-state index in [1.54, 1.807) is 18.2 Å². The number of nitro groups is 1. The van der Waals surface area contributed by atoms with Crippen molar-refractivity contribution in [3.63, 3.8) is 0 Å². The maximum atomic E-state index is 11.1. The first-order chi connectivity index (χ1) is 13.0. The molecule has 0 aliphatic heterocycles. The molecule has 0 amide bonds. The summed E-state index contributed by atoms with van der Waals surface area (Å²) in [4.78, 5) is 18.5. The van der Waals surface area contributed by atoms with Crippen molar-refractivity contribution in [3.05, 3.63) is 63.7 Å². The highest BCUT2D eigenvalue weighted by atomic mass is 16.6. The minimum atomic E-state index is -0.447. The Morgan fingerprint density at radius 2 is 1.89 bits per heavy atom. The quantitative estimate of drug-likeness (QED) is 0.406. The lowest BCUT2D eigenvalue weighted by molar-refractivity contribution is -0.384. The van der Waals surface area contributed by atoms with E-state index in [0.717, 1.165) is 22.2 Å². The van der Waals surface area contributed by atoms with E-state index < -0.39 is 4.92 Å². The molecule has 2 heterocycles. The van der Waals surface area contributed by atoms with E-state index >= 15 is 0 Å². The molecule has 2 aromatic carbocycles. The number of non-ortho nitro benzene ring substituents is 1. The number of imidazole rings is 1. The number of nitrogens with zero attached hydrogens (tertiary/aromatic N) is 2. The van der Waals surface area contributed by atoms with Gasteiger partial charge in [0.05, 0.1) is 28.6 Å². The first-order valence-electron chi connectivity index (χ1n) is 8.36. The van der Waals surface area contributed by atoms with Crippen LogP contribution in [-0.2, 0) is 0 Å². The third-order valence-corrected chi connectivity index (χ3v) is 4.42. The maximum Gasteiger partial charge on any atom is 0.270 e. The number of aryl methyl sites for hydroxylation is 2. The molecule has 7 nitrogen and oxygen atoms in total. The van der Waals surface area contributed by atoms with Gasteiger partial charge in [0.25, 0.3) is 5.69 Å². The molecule has 0 aliphatic carbocycles. The zero-order valence-corrected chi connectivity index (χ0v) is 15.1. The topological polar surface area (TPSA) is 94.2 Å². The number of aromatic amines is 1. The number of hydrogen-bond acceptors (Lipinski definition) is 5. The molecule has 0 fully saturated rings. The SMILES string of the molecule is COc1ccc([N+](=O)[O-])cc1-c1ccc(-c2nc3c(C)cc(C)cc3[nH]2)o1. The number of hydrogen-bond donors (Lipinski definition) is 1. The monoisotopic (exact) mass is 363 g/mol. The van der Waals surface area contributed by atoms with Crippen molar-refractivity contribution in [2.24, 2.45) is 0 Å². The van der Waals surface area contributed by atoms with Gasteiger partial charge in [-0.2, -0.15) is 0 Å². The number of H-pyrrole nitrogens is 1. The largest absolute Gasteiger partial charge is 0.496 e. The minimum Gasteiger partial charge on any atom is -0.496 e. The Morgan fingerprint density at radius 1 is 1.11 bits per heavy atom. The first-order valence-corrected chi connectivity index (χ1v) is 8.36. The molecule has 7 heteroatoms. The Labute approximate surface area is 154 Å². The van der Waals surface area contributed by atoms with Crippen molar-refractivity contribution < 1.29 is 14.1 Å². The molecule has 0 atom stereocenters. The van der Waals surface area contributed by atoms with Crippen LogP contribution in [0.5, 0.6) is 5.75 Å². The van der Waals surface area contributed by atoms with Crippen LogP contribution in [0.4, 0.5) is 5.69 Å². The Bertz CT molecular complexity index is 1170. The maximum absolute atomic E-state index is 11.1. The van der Waals surface area contributed by atoms with Crippen LogP contribution in [0, 0.1) is 24.0 Å². The summed E-state index contributed by atoms with van der Waals surface area (Å²) in [6.07, 6.45) is 0. The number of ether oxygens (including phenoxy) is 1. The summed E-state index contributed by atoms with van der Waals surface area (Å²) in [6.45, 7) is 4.05. The number of furan rings is 1. The Hall–Kier alpha value is -3.61. The third-order valence-electron chi connectivity index (χ3n) is 4.42. The second-order valence-corrected chi connectivity index (χ2v) is 6.37. The highest BCUT2D eigenvalue weighted by molar-refractivity contribution is 5.82. The number of benzene rings is 2. The summed E-state index contributed by atoms with van der Waals surface area (Å²) < 4.78 is 11.3. The van der Waals surface area contributed by atoms with Crippen LogP contribution in [0.2, 0.25) is 0 Å². The van der Waals surface area contributed by atoms with E-state index in [1.165, 1.54) is 19.2 Å². The van der Waals surface area contributed by atoms with Crippen LogP contribution < -0.4 is 4.74 Å². The summed E-state index contributed by atoms with van der Waals surface area (Å²) in [6, 6.07) is 12.0. The number of nitro benzene ring substituents is 1. The third kappa shape index (κ3) is 2.93. The molecule has 0 bridgehead atoms. The predicted molar refractivity (Wildman–Crippen MR) is 102 cm³/mol. The van der Waals surface area contributed by atoms with Crippen molar-refractivity contribution >= 4 is 16.7 Å². The number of fused-ring (bicyclic) bond motifs is 1. The number of aromatic nitrogens is 2. The number of rotatable bonds is 4. The van der Waals surface area contributed by atoms with Crippen LogP contribution in [-0.4, -0.2) is 22.0 Å². The van der Waals surface area contributed by atoms with Crippen LogP contribution in [0.1, 0.15) is 11.1 Å². The second kappa shape index (κ2) is 6.28. The molecule has 0 saturated carbocycles. The Morgan fingerprint density at radius 3 is 2.63 bits per heavy atom. The van der Waals surface area contributed by atoms with Gasteiger partial charge in [-0.3, -0.25) is 10.1 Å². The van der Waals surface area contributed by atoms with Crippen LogP contribution in [0.15, 0.2) is 46.9 Å². The number of methoxy groups -OCH3 is 1. The lowest BCUT2D eigenvalue weighted by Crippen LogP contribution is -1.91. The molecular weight excluding hydrogens is 346 g/mol. The van der Waals surface area contributed by atoms with E-state index in [4.69, 9.17) is 9.15 Å². The molecule has 0 aliphatic rings. The summed E-state index contributed by atoms with van der Waals surface area (Å²) in [5, 5.41) is 11.1. The van der Waals surface area contributed by atoms with Gasteiger partial charge < -0.3 is 14.1 Å². The minimum absolute atomic E-state index is 0.0291. The molecule has 0 saturated heterocycles. The fraction of sp³-hybridized carbons (Fsp3) is 0.150. The lowest BCUT2D eigenvalue weighted by atomic mass is 10.1. The lowest BCUT2D eigenvalue weighted by Gasteiger charge is -2.05. The highest BCUT2D eigenvalue weighted by Crippen LogP contribution is 2.36. The molecular formula is C20H17N3O4. The molecule has 0 radical (unpaired) electrons. The van der Waals surface area contributed by atoms with E-state index in [9.17, 15) is 10.1 Å². The van der Waals surface area contributed by atoms with Crippen LogP contribution >= 0.6 is 0 Å². The van der Waals surface area contributed by atoms with Gasteiger partial charge in [-0.25, -0.2) is 4.98 Å².